The maximum absolute atomic E-state index is 11.3. The molecule has 2 aliphatic heterocycles. The summed E-state index contributed by atoms with van der Waals surface area (Å²) < 4.78 is 11.3. The number of urea groups is 1. The van der Waals surface area contributed by atoms with Crippen LogP contribution in [-0.4, -0.2) is 66.9 Å². The molecular weight excluding hydrogens is 394 g/mol. The zero-order valence-electron chi connectivity index (χ0n) is 17.8. The molecule has 8 nitrogen and oxygen atoms in total. The third kappa shape index (κ3) is 5.74. The molecule has 0 aliphatic carbocycles. The van der Waals surface area contributed by atoms with Gasteiger partial charge in [-0.3, -0.25) is 4.90 Å². The maximum atomic E-state index is 11.3. The highest BCUT2D eigenvalue weighted by atomic mass is 16.5. The predicted octanol–water partition coefficient (Wildman–Crippen LogP) is 2.62. The lowest BCUT2D eigenvalue weighted by molar-refractivity contribution is 0.0322. The highest BCUT2D eigenvalue weighted by molar-refractivity contribution is 5.77. The smallest absolute Gasteiger partial charge is 0.315 e. The molecule has 31 heavy (non-hydrogen) atoms. The Labute approximate surface area is 181 Å². The molecule has 1 aromatic heterocycles. The van der Waals surface area contributed by atoms with Crippen molar-refractivity contribution in [3.05, 3.63) is 59.9 Å². The lowest BCUT2D eigenvalue weighted by Gasteiger charge is -2.26. The van der Waals surface area contributed by atoms with E-state index in [-0.39, 0.29) is 12.1 Å². The summed E-state index contributed by atoms with van der Waals surface area (Å²) in [6, 6.07) is 13.9. The molecule has 2 amide bonds. The van der Waals surface area contributed by atoms with Crippen LogP contribution in [0.15, 0.2) is 48.8 Å². The molecule has 0 spiro atoms. The fourth-order valence-corrected chi connectivity index (χ4v) is 3.70. The first-order valence-electron chi connectivity index (χ1n) is 10.6. The Morgan fingerprint density at radius 2 is 2.03 bits per heavy atom. The molecule has 8 heteroatoms. The number of nitrogens with zero attached hydrogens (tertiary/aromatic N) is 2. The first kappa shape index (κ1) is 21.1. The van der Waals surface area contributed by atoms with Crippen molar-refractivity contribution in [1.82, 2.24) is 25.5 Å². The molecule has 3 heterocycles. The molecule has 0 bridgehead atoms. The number of amides is 2. The summed E-state index contributed by atoms with van der Waals surface area (Å²) in [6.07, 6.45) is 1.71. The van der Waals surface area contributed by atoms with Gasteiger partial charge in [-0.15, -0.1) is 0 Å². The number of hydrogen-bond donors (Lipinski definition) is 3. The number of morpholine rings is 1. The fraction of sp³-hybridized carbons (Fsp3) is 0.391. The Kier molecular flexibility index (Phi) is 7.01. The molecule has 2 aliphatic rings. The zero-order valence-corrected chi connectivity index (χ0v) is 17.8. The minimum atomic E-state index is -0.122. The first-order chi connectivity index (χ1) is 15.2. The van der Waals surface area contributed by atoms with Gasteiger partial charge in [-0.1, -0.05) is 24.3 Å². The van der Waals surface area contributed by atoms with Crippen LogP contribution in [-0.2, 0) is 4.74 Å². The van der Waals surface area contributed by atoms with Gasteiger partial charge in [0.25, 0.3) is 0 Å². The number of para-hydroxylation sites is 1. The summed E-state index contributed by atoms with van der Waals surface area (Å²) in [4.78, 5) is 20.8. The number of rotatable bonds is 5. The topological polar surface area (TPSA) is 91.5 Å². The van der Waals surface area contributed by atoms with Crippen molar-refractivity contribution in [1.29, 1.82) is 0 Å². The molecule has 1 atom stereocenters. The Hall–Kier alpha value is -3.10. The van der Waals surface area contributed by atoms with Crippen LogP contribution in [0, 0.1) is 6.92 Å². The summed E-state index contributed by atoms with van der Waals surface area (Å²) >= 11 is 0. The number of aromatic nitrogens is 2. The normalized spacial score (nSPS) is 18.7. The minimum Gasteiger partial charge on any atom is -0.492 e. The van der Waals surface area contributed by atoms with Crippen LogP contribution in [0.25, 0.3) is 11.0 Å². The summed E-state index contributed by atoms with van der Waals surface area (Å²) in [5.41, 5.74) is 4.43. The number of benzene rings is 2. The number of hydrogen-bond acceptors (Lipinski definition) is 5. The minimum absolute atomic E-state index is 0.0166. The number of aromatic amines is 1. The van der Waals surface area contributed by atoms with Gasteiger partial charge in [0.05, 0.1) is 36.6 Å². The van der Waals surface area contributed by atoms with E-state index in [9.17, 15) is 4.79 Å². The Balaban J connectivity index is 0.000000192. The van der Waals surface area contributed by atoms with Crippen molar-refractivity contribution in [3.8, 4) is 5.75 Å². The van der Waals surface area contributed by atoms with Crippen molar-refractivity contribution in [3.63, 3.8) is 0 Å². The standard InChI is InChI=1S/C15H21N3O3.C8H8N2/c19-15-16-11-13(17-15)12-3-1-2-4-14(12)21-10-7-18-5-8-20-9-6-18;1-6-2-3-7-8(4-6)10-5-9-7/h1-4,13H,5-11H2,(H2,16,17,19);2-5H,1H3,(H,9,10). The Morgan fingerprint density at radius 1 is 1.19 bits per heavy atom. The van der Waals surface area contributed by atoms with Gasteiger partial charge < -0.3 is 25.1 Å². The number of carbonyl (C=O) groups excluding carboxylic acids is 1. The average Bonchev–Trinajstić information content (AvgIpc) is 3.44. The van der Waals surface area contributed by atoms with Gasteiger partial charge in [0.1, 0.15) is 12.4 Å². The van der Waals surface area contributed by atoms with E-state index in [4.69, 9.17) is 9.47 Å². The average molecular weight is 424 g/mol. The summed E-state index contributed by atoms with van der Waals surface area (Å²) in [5.74, 6) is 0.847. The molecule has 0 radical (unpaired) electrons. The van der Waals surface area contributed by atoms with E-state index < -0.39 is 0 Å². The van der Waals surface area contributed by atoms with E-state index in [0.29, 0.717) is 13.2 Å². The van der Waals surface area contributed by atoms with Gasteiger partial charge in [-0.2, -0.15) is 0 Å². The van der Waals surface area contributed by atoms with Crippen molar-refractivity contribution < 1.29 is 14.3 Å². The van der Waals surface area contributed by atoms with Gasteiger partial charge in [0.15, 0.2) is 0 Å². The second-order valence-electron chi connectivity index (χ2n) is 7.67. The van der Waals surface area contributed by atoms with Gasteiger partial charge in [0, 0.05) is 31.7 Å². The molecular formula is C23H29N5O3. The molecule has 3 N–H and O–H groups in total. The second kappa shape index (κ2) is 10.3. The van der Waals surface area contributed by atoms with Crippen molar-refractivity contribution in [2.75, 3.05) is 46.0 Å². The number of imidazole rings is 1. The molecule has 5 rings (SSSR count). The zero-order chi connectivity index (χ0) is 21.5. The van der Waals surface area contributed by atoms with Crippen LogP contribution in [0.4, 0.5) is 4.79 Å². The number of aryl methyl sites for hydroxylation is 1. The van der Waals surface area contributed by atoms with Crippen molar-refractivity contribution in [2.24, 2.45) is 0 Å². The molecule has 2 fully saturated rings. The van der Waals surface area contributed by atoms with Gasteiger partial charge in [-0.25, -0.2) is 9.78 Å². The molecule has 1 unspecified atom stereocenters. The Morgan fingerprint density at radius 3 is 2.84 bits per heavy atom. The lowest BCUT2D eigenvalue weighted by atomic mass is 10.1. The van der Waals surface area contributed by atoms with E-state index >= 15 is 0 Å². The number of nitrogens with one attached hydrogen (secondary N) is 3. The van der Waals surface area contributed by atoms with Crippen LogP contribution in [0.2, 0.25) is 0 Å². The van der Waals surface area contributed by atoms with E-state index in [0.717, 1.165) is 55.2 Å². The number of fused-ring (bicyclic) bond motifs is 1. The third-order valence-corrected chi connectivity index (χ3v) is 5.41. The first-order valence-corrected chi connectivity index (χ1v) is 10.6. The second-order valence-corrected chi connectivity index (χ2v) is 7.67. The van der Waals surface area contributed by atoms with E-state index in [1.807, 2.05) is 30.3 Å². The quantitative estimate of drug-likeness (QED) is 0.587. The predicted molar refractivity (Wildman–Crippen MR) is 119 cm³/mol. The van der Waals surface area contributed by atoms with Gasteiger partial charge in [-0.05, 0) is 30.7 Å². The highest BCUT2D eigenvalue weighted by Gasteiger charge is 2.24. The monoisotopic (exact) mass is 423 g/mol. The summed E-state index contributed by atoms with van der Waals surface area (Å²) in [5, 5.41) is 5.67. The highest BCUT2D eigenvalue weighted by Crippen LogP contribution is 2.26. The number of ether oxygens (including phenoxy) is 2. The van der Waals surface area contributed by atoms with Gasteiger partial charge in [0.2, 0.25) is 0 Å². The van der Waals surface area contributed by atoms with E-state index in [2.05, 4.69) is 44.6 Å². The fourth-order valence-electron chi connectivity index (χ4n) is 3.70. The molecule has 2 aromatic carbocycles. The number of carbonyl (C=O) groups is 1. The lowest BCUT2D eigenvalue weighted by Crippen LogP contribution is -2.38. The van der Waals surface area contributed by atoms with Crippen LogP contribution >= 0.6 is 0 Å². The van der Waals surface area contributed by atoms with Crippen molar-refractivity contribution >= 4 is 17.1 Å². The van der Waals surface area contributed by atoms with Crippen molar-refractivity contribution in [2.45, 2.75) is 13.0 Å². The van der Waals surface area contributed by atoms with E-state index in [1.165, 1.54) is 5.56 Å². The number of H-pyrrole nitrogens is 1. The van der Waals surface area contributed by atoms with Crippen LogP contribution in [0.5, 0.6) is 5.75 Å². The summed E-state index contributed by atoms with van der Waals surface area (Å²) in [7, 11) is 0. The molecule has 164 valence electrons. The van der Waals surface area contributed by atoms with E-state index in [1.54, 1.807) is 6.33 Å². The van der Waals surface area contributed by atoms with Gasteiger partial charge >= 0.3 is 6.03 Å². The SMILES string of the molecule is Cc1ccc2nc[nH]c2c1.O=C1NCC(c2ccccc2OCCN2CCOCC2)N1. The third-order valence-electron chi connectivity index (χ3n) is 5.41. The largest absolute Gasteiger partial charge is 0.492 e. The maximum Gasteiger partial charge on any atom is 0.315 e. The van der Waals surface area contributed by atoms with Crippen LogP contribution < -0.4 is 15.4 Å². The molecule has 0 saturated carbocycles. The molecule has 3 aromatic rings. The Bertz CT molecular complexity index is 1000. The molecule has 2 saturated heterocycles. The summed E-state index contributed by atoms with van der Waals surface area (Å²) in [6.45, 7) is 7.75. The van der Waals surface area contributed by atoms with Crippen LogP contribution in [0.3, 0.4) is 0 Å². The van der Waals surface area contributed by atoms with Crippen LogP contribution in [0.1, 0.15) is 17.2 Å².